The van der Waals surface area contributed by atoms with Crippen molar-refractivity contribution in [1.29, 1.82) is 0 Å². The van der Waals surface area contributed by atoms with Gasteiger partial charge in [0, 0.05) is 13.6 Å². The lowest BCUT2D eigenvalue weighted by Gasteiger charge is -2.10. The summed E-state index contributed by atoms with van der Waals surface area (Å²) in [5, 5.41) is 8.99. The zero-order valence-electron chi connectivity index (χ0n) is 10.7. The second-order valence-corrected chi connectivity index (χ2v) is 4.08. The highest BCUT2D eigenvalue weighted by atomic mass is 16.4. The van der Waals surface area contributed by atoms with Crippen LogP contribution >= 0.6 is 0 Å². The van der Waals surface area contributed by atoms with E-state index in [9.17, 15) is 4.79 Å². The van der Waals surface area contributed by atoms with Crippen LogP contribution in [0.3, 0.4) is 0 Å². The first-order chi connectivity index (χ1) is 7.95. The molecular weight excluding hydrogens is 216 g/mol. The Kier molecular flexibility index (Phi) is 4.26. The third-order valence-corrected chi connectivity index (χ3v) is 2.67. The molecule has 0 spiro atoms. The van der Waals surface area contributed by atoms with Crippen molar-refractivity contribution >= 4 is 18.0 Å². The second kappa shape index (κ2) is 5.48. The molecule has 1 aromatic carbocycles. The number of aryl methyl sites for hydroxylation is 2. The lowest BCUT2D eigenvalue weighted by Crippen LogP contribution is -2.14. The molecule has 4 heteroatoms. The van der Waals surface area contributed by atoms with Crippen molar-refractivity contribution in [2.45, 2.75) is 20.8 Å². The summed E-state index contributed by atoms with van der Waals surface area (Å²) in [5.41, 5.74) is 2.75. The monoisotopic (exact) mass is 234 g/mol. The van der Waals surface area contributed by atoms with E-state index < -0.39 is 5.97 Å². The molecule has 0 atom stereocenters. The largest absolute Gasteiger partial charge is 0.478 e. The topological polar surface area (TPSA) is 52.9 Å². The van der Waals surface area contributed by atoms with Crippen LogP contribution in [0, 0.1) is 13.8 Å². The van der Waals surface area contributed by atoms with E-state index in [2.05, 4.69) is 4.99 Å². The molecule has 0 unspecified atom stereocenters. The van der Waals surface area contributed by atoms with Crippen molar-refractivity contribution < 1.29 is 9.90 Å². The van der Waals surface area contributed by atoms with Gasteiger partial charge in [0.15, 0.2) is 0 Å². The molecule has 17 heavy (non-hydrogen) atoms. The van der Waals surface area contributed by atoms with Gasteiger partial charge in [-0.3, -0.25) is 0 Å². The molecule has 0 heterocycles. The Morgan fingerprint density at radius 2 is 2.06 bits per heavy atom. The fourth-order valence-corrected chi connectivity index (χ4v) is 1.41. The molecule has 1 rings (SSSR count). The Hall–Kier alpha value is -1.84. The van der Waals surface area contributed by atoms with Gasteiger partial charge >= 0.3 is 5.97 Å². The number of carboxylic acid groups (broad SMARTS) is 1. The Bertz CT molecular complexity index is 453. The fraction of sp³-hybridized carbons (Fsp3) is 0.385. The Morgan fingerprint density at radius 1 is 1.41 bits per heavy atom. The van der Waals surface area contributed by atoms with E-state index in [-0.39, 0.29) is 0 Å². The lowest BCUT2D eigenvalue weighted by atomic mass is 10.0. The van der Waals surface area contributed by atoms with Crippen LogP contribution < -0.4 is 0 Å². The summed E-state index contributed by atoms with van der Waals surface area (Å²) in [6.07, 6.45) is 1.75. The predicted octanol–water partition coefficient (Wildman–Crippen LogP) is 2.61. The quantitative estimate of drug-likeness (QED) is 0.643. The fourth-order valence-electron chi connectivity index (χ4n) is 1.41. The first-order valence-corrected chi connectivity index (χ1v) is 5.54. The SMILES string of the molecule is CCN(C)/C=N/c1cc(C)c(C(=O)O)cc1C. The Balaban J connectivity index is 3.08. The normalized spacial score (nSPS) is 10.8. The number of aromatic carboxylic acids is 1. The van der Waals surface area contributed by atoms with E-state index >= 15 is 0 Å². The van der Waals surface area contributed by atoms with E-state index in [4.69, 9.17) is 5.11 Å². The van der Waals surface area contributed by atoms with E-state index in [0.717, 1.165) is 23.4 Å². The van der Waals surface area contributed by atoms with Gasteiger partial charge in [0.1, 0.15) is 0 Å². The van der Waals surface area contributed by atoms with E-state index in [1.54, 1.807) is 25.4 Å². The summed E-state index contributed by atoms with van der Waals surface area (Å²) < 4.78 is 0. The zero-order valence-corrected chi connectivity index (χ0v) is 10.7. The Labute approximate surface area is 102 Å². The standard InChI is InChI=1S/C13H18N2O2/c1-5-15(4)8-14-12-7-9(2)11(13(16)17)6-10(12)3/h6-8H,5H2,1-4H3,(H,16,17)/b14-8+. The third kappa shape index (κ3) is 3.31. The number of nitrogens with zero attached hydrogens (tertiary/aromatic N) is 2. The molecule has 0 aliphatic rings. The van der Waals surface area contributed by atoms with Crippen molar-refractivity contribution in [3.8, 4) is 0 Å². The van der Waals surface area contributed by atoms with Crippen molar-refractivity contribution in [2.75, 3.05) is 13.6 Å². The van der Waals surface area contributed by atoms with Crippen LogP contribution in [-0.4, -0.2) is 35.9 Å². The van der Waals surface area contributed by atoms with Gasteiger partial charge in [0.05, 0.1) is 17.6 Å². The number of hydrogen-bond acceptors (Lipinski definition) is 2. The van der Waals surface area contributed by atoms with Crippen molar-refractivity contribution in [3.05, 3.63) is 28.8 Å². The predicted molar refractivity (Wildman–Crippen MR) is 69.3 cm³/mol. The number of aliphatic imine (C=N–C) groups is 1. The number of hydrogen-bond donors (Lipinski definition) is 1. The maximum absolute atomic E-state index is 11.0. The number of rotatable bonds is 4. The average Bonchev–Trinajstić information content (AvgIpc) is 2.28. The van der Waals surface area contributed by atoms with Crippen molar-refractivity contribution in [3.63, 3.8) is 0 Å². The second-order valence-electron chi connectivity index (χ2n) is 4.08. The van der Waals surface area contributed by atoms with Crippen LogP contribution in [0.1, 0.15) is 28.4 Å². The highest BCUT2D eigenvalue weighted by Crippen LogP contribution is 2.23. The molecule has 0 saturated heterocycles. The smallest absolute Gasteiger partial charge is 0.335 e. The van der Waals surface area contributed by atoms with Gasteiger partial charge in [-0.25, -0.2) is 9.79 Å². The van der Waals surface area contributed by atoms with Gasteiger partial charge in [-0.2, -0.15) is 0 Å². The molecule has 1 aromatic rings. The molecule has 0 aliphatic heterocycles. The van der Waals surface area contributed by atoms with Crippen molar-refractivity contribution in [1.82, 2.24) is 4.90 Å². The third-order valence-electron chi connectivity index (χ3n) is 2.67. The molecule has 92 valence electrons. The summed E-state index contributed by atoms with van der Waals surface area (Å²) in [4.78, 5) is 17.3. The highest BCUT2D eigenvalue weighted by Gasteiger charge is 2.09. The zero-order chi connectivity index (χ0) is 13.0. The molecule has 1 N–H and O–H groups in total. The molecule has 0 fully saturated rings. The highest BCUT2D eigenvalue weighted by molar-refractivity contribution is 5.90. The van der Waals surface area contributed by atoms with Crippen LogP contribution in [0.25, 0.3) is 0 Å². The summed E-state index contributed by atoms with van der Waals surface area (Å²) in [5.74, 6) is -0.896. The number of carboxylic acids is 1. The molecular formula is C13H18N2O2. The van der Waals surface area contributed by atoms with Gasteiger partial charge in [-0.15, -0.1) is 0 Å². The average molecular weight is 234 g/mol. The number of benzene rings is 1. The minimum atomic E-state index is -0.896. The van der Waals surface area contributed by atoms with Gasteiger partial charge in [0.2, 0.25) is 0 Å². The first kappa shape index (κ1) is 13.2. The summed E-state index contributed by atoms with van der Waals surface area (Å²) >= 11 is 0. The lowest BCUT2D eigenvalue weighted by molar-refractivity contribution is 0.0696. The summed E-state index contributed by atoms with van der Waals surface area (Å²) in [7, 11) is 1.94. The van der Waals surface area contributed by atoms with Gasteiger partial charge in [-0.1, -0.05) is 0 Å². The van der Waals surface area contributed by atoms with E-state index in [1.807, 2.05) is 25.8 Å². The molecule has 0 saturated carbocycles. The van der Waals surface area contributed by atoms with Gasteiger partial charge in [-0.05, 0) is 44.0 Å². The van der Waals surface area contributed by atoms with Crippen LogP contribution in [0.5, 0.6) is 0 Å². The van der Waals surface area contributed by atoms with Crippen molar-refractivity contribution in [2.24, 2.45) is 4.99 Å². The molecule has 0 bridgehead atoms. The van der Waals surface area contributed by atoms with Crippen LogP contribution in [0.4, 0.5) is 5.69 Å². The van der Waals surface area contributed by atoms with Crippen LogP contribution in [-0.2, 0) is 0 Å². The number of carbonyl (C=O) groups is 1. The summed E-state index contributed by atoms with van der Waals surface area (Å²) in [6.45, 7) is 6.57. The molecule has 4 nitrogen and oxygen atoms in total. The first-order valence-electron chi connectivity index (χ1n) is 5.54. The van der Waals surface area contributed by atoms with Crippen LogP contribution in [0.15, 0.2) is 17.1 Å². The summed E-state index contributed by atoms with van der Waals surface area (Å²) in [6, 6.07) is 3.47. The maximum atomic E-state index is 11.0. The van der Waals surface area contributed by atoms with Crippen LogP contribution in [0.2, 0.25) is 0 Å². The maximum Gasteiger partial charge on any atom is 0.335 e. The van der Waals surface area contributed by atoms with Gasteiger partial charge < -0.3 is 10.0 Å². The minimum Gasteiger partial charge on any atom is -0.478 e. The molecule has 0 aromatic heterocycles. The van der Waals surface area contributed by atoms with Gasteiger partial charge in [0.25, 0.3) is 0 Å². The molecule has 0 radical (unpaired) electrons. The molecule has 0 amide bonds. The van der Waals surface area contributed by atoms with E-state index in [1.165, 1.54) is 0 Å². The van der Waals surface area contributed by atoms with E-state index in [0.29, 0.717) is 5.56 Å². The molecule has 0 aliphatic carbocycles. The Morgan fingerprint density at radius 3 is 2.59 bits per heavy atom. The minimum absolute atomic E-state index is 0.338.